The Balaban J connectivity index is 2.34. The second kappa shape index (κ2) is 19.4. The van der Waals surface area contributed by atoms with E-state index in [9.17, 15) is 25.5 Å². The molecule has 1 fully saturated rings. The lowest BCUT2D eigenvalue weighted by Gasteiger charge is -2.25. The summed E-state index contributed by atoms with van der Waals surface area (Å²) < 4.78 is 5.04. The zero-order chi connectivity index (χ0) is 26.8. The van der Waals surface area contributed by atoms with E-state index < -0.39 is 42.2 Å². The number of hydrogen-bond donors (Lipinski definition) is 4. The van der Waals surface area contributed by atoms with Gasteiger partial charge in [-0.1, -0.05) is 62.8 Å². The molecule has 1 aliphatic rings. The van der Waals surface area contributed by atoms with Crippen molar-refractivity contribution in [3.8, 4) is 0 Å². The number of carbonyl (C=O) groups excluding carboxylic acids is 1. The number of ether oxygens (including phenoxy) is 1. The molecule has 0 radical (unpaired) electrons. The Morgan fingerprint density at radius 2 is 1.78 bits per heavy atom. The van der Waals surface area contributed by atoms with Crippen molar-refractivity contribution in [2.75, 3.05) is 13.2 Å². The van der Waals surface area contributed by atoms with Gasteiger partial charge in [-0.25, -0.2) is 0 Å². The lowest BCUT2D eigenvalue weighted by molar-refractivity contribution is -0.334. The first-order chi connectivity index (χ1) is 17.3. The van der Waals surface area contributed by atoms with Crippen LogP contribution in [0, 0.1) is 22.3 Å². The van der Waals surface area contributed by atoms with Crippen molar-refractivity contribution in [3.63, 3.8) is 0 Å². The topological polar surface area (TPSA) is 191 Å². The first kappa shape index (κ1) is 32.3. The van der Waals surface area contributed by atoms with Crippen LogP contribution in [0.25, 0.3) is 0 Å². The van der Waals surface area contributed by atoms with E-state index in [-0.39, 0.29) is 18.3 Å². The first-order valence-electron chi connectivity index (χ1n) is 12.6. The van der Waals surface area contributed by atoms with Gasteiger partial charge in [-0.2, -0.15) is 0 Å². The molecule has 0 aromatic carbocycles. The smallest absolute Gasteiger partial charge is 0.306 e. The summed E-state index contributed by atoms with van der Waals surface area (Å²) in [4.78, 5) is 20.5. The fourth-order valence-corrected chi connectivity index (χ4v) is 4.30. The van der Waals surface area contributed by atoms with Crippen LogP contribution in [-0.4, -0.2) is 68.6 Å². The van der Waals surface area contributed by atoms with Crippen molar-refractivity contribution in [1.29, 1.82) is 0 Å². The molecule has 1 aliphatic carbocycles. The third-order valence-electron chi connectivity index (χ3n) is 6.18. The van der Waals surface area contributed by atoms with Crippen LogP contribution in [0.5, 0.6) is 0 Å². The molecular formula is C23H41N3O10-2. The van der Waals surface area contributed by atoms with Crippen LogP contribution < -0.4 is 0 Å². The van der Waals surface area contributed by atoms with Crippen LogP contribution in [-0.2, 0) is 19.2 Å². The molecule has 0 bridgehead atoms. The van der Waals surface area contributed by atoms with Crippen LogP contribution in [0.3, 0.4) is 0 Å². The van der Waals surface area contributed by atoms with E-state index >= 15 is 0 Å². The summed E-state index contributed by atoms with van der Waals surface area (Å²) in [5.41, 5.74) is 0.795. The summed E-state index contributed by atoms with van der Waals surface area (Å²) in [5, 5.41) is 59.2. The van der Waals surface area contributed by atoms with Gasteiger partial charge in [-0.05, 0) is 38.0 Å². The summed E-state index contributed by atoms with van der Waals surface area (Å²) in [6.07, 6.45) is 11.9. The number of unbranched alkanes of at least 4 members (excludes halogenated alkanes) is 5. The third-order valence-corrected chi connectivity index (χ3v) is 6.18. The Hall–Kier alpha value is -1.68. The van der Waals surface area contributed by atoms with Gasteiger partial charge in [-0.15, -0.1) is 10.8 Å². The van der Waals surface area contributed by atoms with Gasteiger partial charge in [0.15, 0.2) is 6.10 Å². The molecule has 3 atom stereocenters. The normalized spacial score (nSPS) is 20.4. The summed E-state index contributed by atoms with van der Waals surface area (Å²) >= 11 is 0. The molecule has 0 saturated heterocycles. The Bertz CT molecular complexity index is 636. The van der Waals surface area contributed by atoms with E-state index in [4.69, 9.17) is 15.2 Å². The monoisotopic (exact) mass is 519 g/mol. The predicted molar refractivity (Wildman–Crippen MR) is 128 cm³/mol. The van der Waals surface area contributed by atoms with Crippen LogP contribution in [0.2, 0.25) is 0 Å². The number of esters is 1. The van der Waals surface area contributed by atoms with Crippen molar-refractivity contribution in [3.05, 3.63) is 22.6 Å². The van der Waals surface area contributed by atoms with Crippen molar-refractivity contribution in [2.45, 2.75) is 96.2 Å². The van der Waals surface area contributed by atoms with Gasteiger partial charge >= 0.3 is 5.97 Å². The molecule has 13 heteroatoms. The van der Waals surface area contributed by atoms with Crippen LogP contribution in [0.15, 0.2) is 17.3 Å². The van der Waals surface area contributed by atoms with Crippen LogP contribution in [0.1, 0.15) is 84.0 Å². The molecule has 0 aromatic rings. The number of nitrogens with zero attached hydrogens (tertiary/aromatic N) is 3. The lowest BCUT2D eigenvalue weighted by Crippen LogP contribution is -2.33. The minimum Gasteiger partial charge on any atom is -0.738 e. The largest absolute Gasteiger partial charge is 0.738 e. The van der Waals surface area contributed by atoms with Gasteiger partial charge in [0, 0.05) is 12.3 Å². The Kier molecular flexibility index (Phi) is 17.5. The highest BCUT2D eigenvalue weighted by atomic mass is 17.1. The zero-order valence-corrected chi connectivity index (χ0v) is 20.9. The summed E-state index contributed by atoms with van der Waals surface area (Å²) in [5.74, 6) is -0.230. The Labute approximate surface area is 211 Å². The number of rotatable bonds is 20. The van der Waals surface area contributed by atoms with Gasteiger partial charge in [0.1, 0.15) is 13.2 Å². The van der Waals surface area contributed by atoms with Crippen molar-refractivity contribution >= 4 is 11.7 Å². The summed E-state index contributed by atoms with van der Waals surface area (Å²) in [6.45, 7) is 0.990. The average molecular weight is 520 g/mol. The molecule has 3 unspecified atom stereocenters. The molecule has 1 rings (SSSR count). The molecule has 0 heterocycles. The Morgan fingerprint density at radius 3 is 2.39 bits per heavy atom. The van der Waals surface area contributed by atoms with Crippen LogP contribution >= 0.6 is 0 Å². The van der Waals surface area contributed by atoms with Crippen LogP contribution in [0.4, 0.5) is 0 Å². The molecule has 13 nitrogen and oxygen atoms in total. The SMILES string of the molecule is CCCCCC(O)C=CC1CCC(=NO)C1CCCCCCC(=O)OC(CON([O-])O)CON([O-])O. The first-order valence-corrected chi connectivity index (χ1v) is 12.6. The second-order valence-electron chi connectivity index (χ2n) is 8.98. The molecule has 210 valence electrons. The Morgan fingerprint density at radius 1 is 1.11 bits per heavy atom. The molecule has 4 N–H and O–H groups in total. The number of allylic oxidation sites excluding steroid dienone is 1. The lowest BCUT2D eigenvalue weighted by atomic mass is 9.89. The molecule has 0 spiro atoms. The van der Waals surface area contributed by atoms with Gasteiger partial charge in [0.25, 0.3) is 0 Å². The number of carbonyl (C=O) groups is 1. The highest BCUT2D eigenvalue weighted by Crippen LogP contribution is 2.35. The third kappa shape index (κ3) is 14.8. The fraction of sp³-hybridized carbons (Fsp3) is 0.826. The molecular weight excluding hydrogens is 478 g/mol. The maximum absolute atomic E-state index is 12.0. The highest BCUT2D eigenvalue weighted by Gasteiger charge is 2.31. The fourth-order valence-electron chi connectivity index (χ4n) is 4.30. The maximum Gasteiger partial charge on any atom is 0.306 e. The predicted octanol–water partition coefficient (Wildman–Crippen LogP) is 3.83. The van der Waals surface area contributed by atoms with E-state index in [1.165, 1.54) is 0 Å². The molecule has 0 aliphatic heterocycles. The van der Waals surface area contributed by atoms with Gasteiger partial charge in [0.05, 0.1) is 11.8 Å². The maximum atomic E-state index is 12.0. The number of hydrogen-bond acceptors (Lipinski definition) is 13. The average Bonchev–Trinajstić information content (AvgIpc) is 3.23. The minimum atomic E-state index is -1.18. The molecule has 36 heavy (non-hydrogen) atoms. The summed E-state index contributed by atoms with van der Waals surface area (Å²) in [6, 6.07) is 0. The van der Waals surface area contributed by atoms with Crippen molar-refractivity contribution in [1.82, 2.24) is 10.8 Å². The molecule has 1 saturated carbocycles. The van der Waals surface area contributed by atoms with Crippen molar-refractivity contribution in [2.24, 2.45) is 17.0 Å². The van der Waals surface area contributed by atoms with E-state index in [0.29, 0.717) is 6.42 Å². The molecule has 0 amide bonds. The number of aliphatic hydroxyl groups excluding tert-OH is 1. The second-order valence-corrected chi connectivity index (χ2v) is 8.98. The standard InChI is InChI=1S/C23H41N3O10/c1-2-3-6-9-19(27)14-12-18-13-15-22(24-29)21(18)10-7-4-5-8-11-23(28)36-20(16-34-25(30)31)17-35-26(32)33/h12,14,18-21,27,29-30,32H,2-11,13,15-17H2,1H3/q-2. The quantitative estimate of drug-likeness (QED) is 0.0598. The van der Waals surface area contributed by atoms with E-state index in [0.717, 1.165) is 69.9 Å². The van der Waals surface area contributed by atoms with E-state index in [1.54, 1.807) is 0 Å². The molecule has 0 aromatic heterocycles. The zero-order valence-electron chi connectivity index (χ0n) is 20.9. The number of aliphatic hydroxyl groups is 1. The van der Waals surface area contributed by atoms with Gasteiger partial charge in [-0.3, -0.25) is 14.5 Å². The van der Waals surface area contributed by atoms with Gasteiger partial charge in [0.2, 0.25) is 0 Å². The van der Waals surface area contributed by atoms with Crippen molar-refractivity contribution < 1.29 is 39.9 Å². The van der Waals surface area contributed by atoms with E-state index in [2.05, 4.69) is 27.8 Å². The van der Waals surface area contributed by atoms with E-state index in [1.807, 2.05) is 6.08 Å². The summed E-state index contributed by atoms with van der Waals surface area (Å²) in [7, 11) is 0. The highest BCUT2D eigenvalue weighted by molar-refractivity contribution is 5.88. The van der Waals surface area contributed by atoms with Gasteiger partial charge < -0.3 is 35.9 Å². The number of oxime groups is 1. The minimum absolute atomic E-state index is 0.0883.